The average molecular weight is 497 g/mol. The van der Waals surface area contributed by atoms with Gasteiger partial charge in [0.1, 0.15) is 5.82 Å². The lowest BCUT2D eigenvalue weighted by Gasteiger charge is -2.13. The molecule has 35 heavy (non-hydrogen) atoms. The van der Waals surface area contributed by atoms with Gasteiger partial charge in [-0.25, -0.2) is 4.39 Å². The molecule has 2 amide bonds. The van der Waals surface area contributed by atoms with Gasteiger partial charge in [-0.1, -0.05) is 30.8 Å². The molecular formula is C24H25FN6O3S. The number of nitrogens with one attached hydrogen (secondary N) is 2. The van der Waals surface area contributed by atoms with Crippen LogP contribution in [0, 0.1) is 5.82 Å². The van der Waals surface area contributed by atoms with E-state index in [0.29, 0.717) is 27.5 Å². The summed E-state index contributed by atoms with van der Waals surface area (Å²) < 4.78 is 16.2. The second kappa shape index (κ2) is 10.7. The largest absolute Gasteiger partial charge is 0.354 e. The highest BCUT2D eigenvalue weighted by Crippen LogP contribution is 2.22. The van der Waals surface area contributed by atoms with Crippen molar-refractivity contribution in [2.75, 3.05) is 11.1 Å². The topological polar surface area (TPSA) is 110 Å². The third-order valence-electron chi connectivity index (χ3n) is 5.52. The molecule has 1 atom stereocenters. The summed E-state index contributed by atoms with van der Waals surface area (Å²) in [6.07, 6.45) is 0.930. The minimum atomic E-state index is -0.386. The van der Waals surface area contributed by atoms with E-state index in [1.54, 1.807) is 28.7 Å². The van der Waals surface area contributed by atoms with E-state index in [1.165, 1.54) is 28.8 Å². The quantitative estimate of drug-likeness (QED) is 0.344. The number of hydrogen-bond donors (Lipinski definition) is 2. The summed E-state index contributed by atoms with van der Waals surface area (Å²) >= 11 is 1.16. The number of rotatable bonds is 9. The number of anilines is 1. The van der Waals surface area contributed by atoms with E-state index in [0.717, 1.165) is 18.2 Å². The van der Waals surface area contributed by atoms with Gasteiger partial charge in [0, 0.05) is 24.7 Å². The number of para-hydroxylation sites is 1. The Morgan fingerprint density at radius 2 is 1.83 bits per heavy atom. The number of carbonyl (C=O) groups excluding carboxylic acids is 2. The molecule has 0 aliphatic carbocycles. The lowest BCUT2D eigenvalue weighted by Crippen LogP contribution is -2.33. The second-order valence-corrected chi connectivity index (χ2v) is 9.00. The summed E-state index contributed by atoms with van der Waals surface area (Å²) in [5.41, 5.74) is 0.833. The fourth-order valence-electron chi connectivity index (χ4n) is 3.55. The van der Waals surface area contributed by atoms with E-state index >= 15 is 0 Å². The van der Waals surface area contributed by atoms with Crippen molar-refractivity contribution in [2.45, 2.75) is 44.4 Å². The Bertz CT molecular complexity index is 1430. The lowest BCUT2D eigenvalue weighted by molar-refractivity contribution is -0.122. The zero-order chi connectivity index (χ0) is 24.9. The molecule has 0 saturated heterocycles. The molecule has 0 radical (unpaired) electrons. The van der Waals surface area contributed by atoms with E-state index in [4.69, 9.17) is 0 Å². The predicted molar refractivity (Wildman–Crippen MR) is 133 cm³/mol. The van der Waals surface area contributed by atoms with Crippen LogP contribution in [-0.2, 0) is 16.1 Å². The van der Waals surface area contributed by atoms with Crippen molar-refractivity contribution in [1.82, 2.24) is 24.5 Å². The van der Waals surface area contributed by atoms with Crippen LogP contribution in [-0.4, -0.2) is 42.8 Å². The zero-order valence-electron chi connectivity index (χ0n) is 19.3. The van der Waals surface area contributed by atoms with Gasteiger partial charge in [0.25, 0.3) is 5.56 Å². The van der Waals surface area contributed by atoms with Crippen molar-refractivity contribution in [3.05, 3.63) is 64.7 Å². The molecule has 0 bridgehead atoms. The van der Waals surface area contributed by atoms with E-state index in [9.17, 15) is 18.8 Å². The lowest BCUT2D eigenvalue weighted by atomic mass is 10.2. The number of aryl methyl sites for hydroxylation is 1. The van der Waals surface area contributed by atoms with Gasteiger partial charge in [0.15, 0.2) is 5.16 Å². The molecule has 2 aromatic carbocycles. The minimum Gasteiger partial charge on any atom is -0.354 e. The molecule has 11 heteroatoms. The summed E-state index contributed by atoms with van der Waals surface area (Å²) in [6, 6.07) is 12.6. The number of carbonyl (C=O) groups is 2. The molecule has 0 aliphatic heterocycles. The normalized spacial score (nSPS) is 12.1. The van der Waals surface area contributed by atoms with Crippen LogP contribution in [0.4, 0.5) is 10.1 Å². The highest BCUT2D eigenvalue weighted by molar-refractivity contribution is 7.99. The second-order valence-electron chi connectivity index (χ2n) is 8.06. The van der Waals surface area contributed by atoms with Crippen LogP contribution in [0.25, 0.3) is 16.7 Å². The van der Waals surface area contributed by atoms with Gasteiger partial charge in [-0.05, 0) is 49.7 Å². The highest BCUT2D eigenvalue weighted by Gasteiger charge is 2.18. The van der Waals surface area contributed by atoms with Gasteiger partial charge in [0.2, 0.25) is 17.6 Å². The van der Waals surface area contributed by atoms with E-state index in [-0.39, 0.29) is 48.0 Å². The third kappa shape index (κ3) is 5.51. The van der Waals surface area contributed by atoms with E-state index < -0.39 is 0 Å². The minimum absolute atomic E-state index is 0.0307. The molecule has 9 nitrogen and oxygen atoms in total. The Morgan fingerprint density at radius 1 is 1.09 bits per heavy atom. The number of aromatic nitrogens is 4. The van der Waals surface area contributed by atoms with Crippen LogP contribution in [0.15, 0.2) is 58.5 Å². The summed E-state index contributed by atoms with van der Waals surface area (Å²) in [4.78, 5) is 37.9. The van der Waals surface area contributed by atoms with Crippen molar-refractivity contribution in [3.63, 3.8) is 0 Å². The summed E-state index contributed by atoms with van der Waals surface area (Å²) in [5.74, 6) is -0.501. The van der Waals surface area contributed by atoms with E-state index in [2.05, 4.69) is 20.8 Å². The Morgan fingerprint density at radius 3 is 2.57 bits per heavy atom. The van der Waals surface area contributed by atoms with Crippen molar-refractivity contribution < 1.29 is 14.0 Å². The molecule has 4 aromatic rings. The summed E-state index contributed by atoms with van der Waals surface area (Å²) in [5, 5.41) is 14.9. The monoisotopic (exact) mass is 496 g/mol. The van der Waals surface area contributed by atoms with Gasteiger partial charge in [-0.15, -0.1) is 10.2 Å². The first-order valence-electron chi connectivity index (χ1n) is 11.2. The molecule has 0 fully saturated rings. The molecule has 4 rings (SSSR count). The first-order chi connectivity index (χ1) is 16.9. The van der Waals surface area contributed by atoms with Crippen molar-refractivity contribution in [2.24, 2.45) is 0 Å². The first kappa shape index (κ1) is 24.4. The summed E-state index contributed by atoms with van der Waals surface area (Å²) in [7, 11) is 0. The Kier molecular flexibility index (Phi) is 7.45. The van der Waals surface area contributed by atoms with Crippen LogP contribution >= 0.6 is 11.8 Å². The summed E-state index contributed by atoms with van der Waals surface area (Å²) in [6.45, 7) is 4.05. The first-order valence-corrected chi connectivity index (χ1v) is 12.2. The standard InChI is InChI=1S/C24H25FN6O3S/c1-3-15(2)26-20(32)12-13-30-22(34)18-6-4-5-7-19(18)31-23(30)28-29-24(31)35-14-21(33)27-17-10-8-16(25)9-11-17/h4-11,15H,3,12-14H2,1-2H3,(H,26,32)(H,27,33)/t15-/m1/s1. The molecule has 0 saturated carbocycles. The fraction of sp³-hybridized carbons (Fsp3) is 0.292. The zero-order valence-corrected chi connectivity index (χ0v) is 20.1. The number of hydrogen-bond acceptors (Lipinski definition) is 6. The number of benzene rings is 2. The molecular weight excluding hydrogens is 471 g/mol. The van der Waals surface area contributed by atoms with Gasteiger partial charge in [0.05, 0.1) is 16.7 Å². The van der Waals surface area contributed by atoms with Crippen LogP contribution < -0.4 is 16.2 Å². The van der Waals surface area contributed by atoms with Crippen LogP contribution in [0.5, 0.6) is 0 Å². The van der Waals surface area contributed by atoms with Crippen LogP contribution in [0.1, 0.15) is 26.7 Å². The van der Waals surface area contributed by atoms with E-state index in [1.807, 2.05) is 13.8 Å². The smallest absolute Gasteiger partial charge is 0.262 e. The molecule has 0 unspecified atom stereocenters. The third-order valence-corrected chi connectivity index (χ3v) is 6.45. The van der Waals surface area contributed by atoms with Gasteiger partial charge < -0.3 is 10.6 Å². The average Bonchev–Trinajstić information content (AvgIpc) is 3.28. The highest BCUT2D eigenvalue weighted by atomic mass is 32.2. The van der Waals surface area contributed by atoms with Crippen molar-refractivity contribution in [3.8, 4) is 0 Å². The Hall–Kier alpha value is -3.73. The number of halogens is 1. The Labute approximate surface area is 204 Å². The van der Waals surface area contributed by atoms with Gasteiger partial charge in [-0.2, -0.15) is 0 Å². The van der Waals surface area contributed by atoms with Crippen molar-refractivity contribution >= 4 is 45.9 Å². The molecule has 2 aromatic heterocycles. The van der Waals surface area contributed by atoms with Crippen LogP contribution in [0.3, 0.4) is 0 Å². The maximum Gasteiger partial charge on any atom is 0.262 e. The number of nitrogens with zero attached hydrogens (tertiary/aromatic N) is 4. The molecule has 182 valence electrons. The molecule has 0 aliphatic rings. The maximum atomic E-state index is 13.2. The molecule has 0 spiro atoms. The van der Waals surface area contributed by atoms with Gasteiger partial charge in [-0.3, -0.25) is 23.4 Å². The Balaban J connectivity index is 1.60. The van der Waals surface area contributed by atoms with Crippen molar-refractivity contribution in [1.29, 1.82) is 0 Å². The fourth-order valence-corrected chi connectivity index (χ4v) is 4.29. The predicted octanol–water partition coefficient (Wildman–Crippen LogP) is 3.22. The maximum absolute atomic E-state index is 13.2. The molecule has 2 heterocycles. The molecule has 2 N–H and O–H groups in total. The van der Waals surface area contributed by atoms with Crippen LogP contribution in [0.2, 0.25) is 0 Å². The van der Waals surface area contributed by atoms with Gasteiger partial charge >= 0.3 is 0 Å². The number of amides is 2. The number of fused-ring (bicyclic) bond motifs is 3. The number of thioether (sulfide) groups is 1. The SMILES string of the molecule is CC[C@@H](C)NC(=O)CCn1c(=O)c2ccccc2n2c(SCC(=O)Nc3ccc(F)cc3)nnc12.